The summed E-state index contributed by atoms with van der Waals surface area (Å²) in [5.41, 5.74) is 0.950. The van der Waals surface area contributed by atoms with Gasteiger partial charge >= 0.3 is 0 Å². The Balaban J connectivity index is 1.65. The number of likely N-dealkylation sites (tertiary alicyclic amines) is 1. The number of hydrogen-bond donors (Lipinski definition) is 0. The van der Waals surface area contributed by atoms with Gasteiger partial charge in [-0.25, -0.2) is 0 Å². The Morgan fingerprint density at radius 2 is 2.33 bits per heavy atom. The van der Waals surface area contributed by atoms with Crippen molar-refractivity contribution in [1.82, 2.24) is 24.8 Å². The zero-order chi connectivity index (χ0) is 16.8. The highest BCUT2D eigenvalue weighted by Gasteiger charge is 2.34. The van der Waals surface area contributed by atoms with E-state index in [0.29, 0.717) is 18.1 Å². The molecule has 4 rings (SSSR count). The van der Waals surface area contributed by atoms with E-state index in [9.17, 15) is 4.79 Å². The van der Waals surface area contributed by atoms with Gasteiger partial charge in [-0.2, -0.15) is 10.1 Å². The van der Waals surface area contributed by atoms with E-state index in [1.54, 1.807) is 0 Å². The van der Waals surface area contributed by atoms with E-state index in [1.807, 2.05) is 36.5 Å². The highest BCUT2D eigenvalue weighted by molar-refractivity contribution is 7.20. The van der Waals surface area contributed by atoms with Crippen LogP contribution in [-0.2, 0) is 13.5 Å². The number of amides is 1. The number of fused-ring (bicyclic) bond motifs is 1. The number of carbonyl (C=O) groups excluding carboxylic acids is 1. The van der Waals surface area contributed by atoms with Crippen molar-refractivity contribution >= 4 is 27.5 Å². The molecule has 0 radical (unpaired) electrons. The molecule has 1 fully saturated rings. The third-order valence-electron chi connectivity index (χ3n) is 4.50. The molecule has 0 saturated carbocycles. The summed E-state index contributed by atoms with van der Waals surface area (Å²) in [6, 6.07) is 1.86. The van der Waals surface area contributed by atoms with Gasteiger partial charge in [0.1, 0.15) is 4.83 Å². The lowest BCUT2D eigenvalue weighted by Gasteiger charge is -2.21. The molecular formula is C16H19N5O2S. The standard InChI is InChI=1S/C16H19N5O2S/c1-4-13-17-14(19-23-13)11-6-5-7-21(11)15(22)12-8-10-9(2)18-20(3)16(10)24-12/h8,11H,4-7H2,1-3H3/t11-/m1/s1. The number of hydrogen-bond acceptors (Lipinski definition) is 6. The lowest BCUT2D eigenvalue weighted by molar-refractivity contribution is 0.0733. The molecule has 3 aromatic rings. The van der Waals surface area contributed by atoms with Gasteiger partial charge in [0.2, 0.25) is 5.89 Å². The van der Waals surface area contributed by atoms with Crippen molar-refractivity contribution in [3.8, 4) is 0 Å². The van der Waals surface area contributed by atoms with E-state index >= 15 is 0 Å². The zero-order valence-corrected chi connectivity index (χ0v) is 14.8. The van der Waals surface area contributed by atoms with Gasteiger partial charge in [0.05, 0.1) is 16.6 Å². The largest absolute Gasteiger partial charge is 0.339 e. The Morgan fingerprint density at radius 3 is 3.04 bits per heavy atom. The summed E-state index contributed by atoms with van der Waals surface area (Å²) in [4.78, 5) is 21.1. The Kier molecular flexibility index (Phi) is 3.64. The second-order valence-corrected chi connectivity index (χ2v) is 7.13. The van der Waals surface area contributed by atoms with Crippen LogP contribution in [0.5, 0.6) is 0 Å². The monoisotopic (exact) mass is 345 g/mol. The van der Waals surface area contributed by atoms with E-state index in [-0.39, 0.29) is 11.9 Å². The topological polar surface area (TPSA) is 77.1 Å². The molecule has 8 heteroatoms. The second kappa shape index (κ2) is 5.70. The number of aryl methyl sites for hydroxylation is 3. The van der Waals surface area contributed by atoms with Crippen molar-refractivity contribution in [1.29, 1.82) is 0 Å². The highest BCUT2D eigenvalue weighted by Crippen LogP contribution is 2.35. The molecule has 1 amide bonds. The predicted octanol–water partition coefficient (Wildman–Crippen LogP) is 2.87. The zero-order valence-electron chi connectivity index (χ0n) is 13.9. The summed E-state index contributed by atoms with van der Waals surface area (Å²) in [5, 5.41) is 9.51. The van der Waals surface area contributed by atoms with Crippen LogP contribution in [0.1, 0.15) is 52.9 Å². The Hall–Kier alpha value is -2.22. The third-order valence-corrected chi connectivity index (χ3v) is 5.69. The van der Waals surface area contributed by atoms with Crippen molar-refractivity contribution in [3.63, 3.8) is 0 Å². The van der Waals surface area contributed by atoms with E-state index in [0.717, 1.165) is 40.2 Å². The fraction of sp³-hybridized carbons (Fsp3) is 0.500. The van der Waals surface area contributed by atoms with Crippen molar-refractivity contribution in [2.45, 2.75) is 39.2 Å². The molecule has 0 bridgehead atoms. The molecule has 1 saturated heterocycles. The smallest absolute Gasteiger partial charge is 0.264 e. The summed E-state index contributed by atoms with van der Waals surface area (Å²) < 4.78 is 7.05. The van der Waals surface area contributed by atoms with Crippen LogP contribution in [0.25, 0.3) is 10.2 Å². The maximum atomic E-state index is 13.0. The van der Waals surface area contributed by atoms with Gasteiger partial charge in [-0.1, -0.05) is 12.1 Å². The first kappa shape index (κ1) is 15.3. The van der Waals surface area contributed by atoms with E-state index in [2.05, 4.69) is 15.2 Å². The molecule has 0 aromatic carbocycles. The fourth-order valence-corrected chi connectivity index (χ4v) is 4.36. The molecule has 1 aliphatic rings. The highest BCUT2D eigenvalue weighted by atomic mass is 32.1. The quantitative estimate of drug-likeness (QED) is 0.729. The van der Waals surface area contributed by atoms with Crippen molar-refractivity contribution < 1.29 is 9.32 Å². The number of aromatic nitrogens is 4. The minimum Gasteiger partial charge on any atom is -0.339 e. The van der Waals surface area contributed by atoms with Crippen LogP contribution in [0.3, 0.4) is 0 Å². The molecule has 4 heterocycles. The maximum Gasteiger partial charge on any atom is 0.264 e. The molecule has 126 valence electrons. The van der Waals surface area contributed by atoms with Gasteiger partial charge in [0.25, 0.3) is 5.91 Å². The van der Waals surface area contributed by atoms with Crippen LogP contribution >= 0.6 is 11.3 Å². The lowest BCUT2D eigenvalue weighted by Crippen LogP contribution is -2.30. The van der Waals surface area contributed by atoms with E-state index < -0.39 is 0 Å². The molecule has 1 atom stereocenters. The Bertz CT molecular complexity index is 874. The SMILES string of the molecule is CCc1nc([C@H]2CCCN2C(=O)c2cc3c(C)nn(C)c3s2)no1. The maximum absolute atomic E-state index is 13.0. The minimum absolute atomic E-state index is 0.0425. The van der Waals surface area contributed by atoms with Gasteiger partial charge in [-0.05, 0) is 25.8 Å². The van der Waals surface area contributed by atoms with Crippen molar-refractivity contribution in [2.24, 2.45) is 7.05 Å². The van der Waals surface area contributed by atoms with E-state index in [4.69, 9.17) is 4.52 Å². The van der Waals surface area contributed by atoms with Crippen molar-refractivity contribution in [3.05, 3.63) is 28.4 Å². The van der Waals surface area contributed by atoms with Crippen LogP contribution < -0.4 is 0 Å². The van der Waals surface area contributed by atoms with Crippen LogP contribution in [0.15, 0.2) is 10.6 Å². The number of carbonyl (C=O) groups is 1. The molecule has 0 N–H and O–H groups in total. The molecule has 3 aromatic heterocycles. The summed E-state index contributed by atoms with van der Waals surface area (Å²) >= 11 is 1.49. The summed E-state index contributed by atoms with van der Waals surface area (Å²) in [7, 11) is 1.91. The number of rotatable bonds is 3. The number of thiophene rings is 1. The average molecular weight is 345 g/mol. The molecule has 0 unspecified atom stereocenters. The molecule has 1 aliphatic heterocycles. The normalized spacial score (nSPS) is 18.0. The Morgan fingerprint density at radius 1 is 1.50 bits per heavy atom. The van der Waals surface area contributed by atoms with Gasteiger partial charge in [-0.15, -0.1) is 11.3 Å². The summed E-state index contributed by atoms with van der Waals surface area (Å²) in [6.45, 7) is 4.67. The number of nitrogens with zero attached hydrogens (tertiary/aromatic N) is 5. The van der Waals surface area contributed by atoms with Gasteiger partial charge < -0.3 is 9.42 Å². The van der Waals surface area contributed by atoms with Gasteiger partial charge in [0, 0.05) is 25.4 Å². The fourth-order valence-electron chi connectivity index (χ4n) is 3.28. The molecule has 24 heavy (non-hydrogen) atoms. The van der Waals surface area contributed by atoms with Gasteiger partial charge in [-0.3, -0.25) is 9.48 Å². The minimum atomic E-state index is -0.0917. The first-order valence-corrected chi connectivity index (χ1v) is 8.96. The molecular weight excluding hydrogens is 326 g/mol. The third kappa shape index (κ3) is 2.32. The predicted molar refractivity (Wildman–Crippen MR) is 90.0 cm³/mol. The lowest BCUT2D eigenvalue weighted by atomic mass is 10.2. The van der Waals surface area contributed by atoms with Crippen LogP contribution in [0.2, 0.25) is 0 Å². The van der Waals surface area contributed by atoms with Crippen LogP contribution in [0, 0.1) is 6.92 Å². The molecule has 0 spiro atoms. The van der Waals surface area contributed by atoms with Crippen LogP contribution in [-0.4, -0.2) is 37.3 Å². The molecule has 7 nitrogen and oxygen atoms in total. The first-order valence-electron chi connectivity index (χ1n) is 8.15. The molecule has 0 aliphatic carbocycles. The Labute approximate surface area is 143 Å². The van der Waals surface area contributed by atoms with Gasteiger partial charge in [0.15, 0.2) is 5.82 Å². The summed E-state index contributed by atoms with van der Waals surface area (Å²) in [5.74, 6) is 1.28. The van der Waals surface area contributed by atoms with Crippen molar-refractivity contribution in [2.75, 3.05) is 6.54 Å². The second-order valence-electron chi connectivity index (χ2n) is 6.09. The van der Waals surface area contributed by atoms with E-state index in [1.165, 1.54) is 11.3 Å². The average Bonchev–Trinajstić information content (AvgIpc) is 3.33. The summed E-state index contributed by atoms with van der Waals surface area (Å²) in [6.07, 6.45) is 2.54. The first-order chi connectivity index (χ1) is 11.6. The van der Waals surface area contributed by atoms with Crippen LogP contribution in [0.4, 0.5) is 0 Å².